The fraction of sp³-hybridized carbons (Fsp3) is 0.281. The molecule has 0 saturated carbocycles. The number of carbonyl (C=O) groups is 1. The number of aromatic nitrogens is 1. The number of benzene rings is 3. The van der Waals surface area contributed by atoms with E-state index in [0.717, 1.165) is 54.8 Å². The van der Waals surface area contributed by atoms with Gasteiger partial charge in [-0.25, -0.2) is 0 Å². The molecule has 4 aromatic rings. The zero-order valence-corrected chi connectivity index (χ0v) is 22.0. The maximum Gasteiger partial charge on any atom is 0.255 e. The molecular weight excluding hydrogens is 472 g/mol. The Morgan fingerprint density at radius 2 is 1.89 bits per heavy atom. The molecule has 0 radical (unpaired) electrons. The third-order valence-corrected chi connectivity index (χ3v) is 7.64. The molecule has 0 bridgehead atoms. The SMILES string of the molecule is Cc1ccn(-c2cc(CN3C[C@@H]4CCN[C@@H]4C3)cc(NC(=O)c3ccc(C)c(Oc4ccccc4)c3)c2)c1. The van der Waals surface area contributed by atoms with Crippen LogP contribution in [-0.2, 0) is 6.54 Å². The van der Waals surface area contributed by atoms with Crippen LogP contribution < -0.4 is 15.4 Å². The second-order valence-corrected chi connectivity index (χ2v) is 10.6. The van der Waals surface area contributed by atoms with Crippen molar-refractivity contribution in [3.63, 3.8) is 0 Å². The fourth-order valence-electron chi connectivity index (χ4n) is 5.65. The number of nitrogens with zero attached hydrogens (tertiary/aromatic N) is 2. The number of carbonyl (C=O) groups excluding carboxylic acids is 1. The first-order valence-electron chi connectivity index (χ1n) is 13.4. The first-order chi connectivity index (χ1) is 18.5. The van der Waals surface area contributed by atoms with E-state index in [0.29, 0.717) is 17.4 Å². The molecule has 0 aliphatic carbocycles. The van der Waals surface area contributed by atoms with Crippen molar-refractivity contribution in [2.45, 2.75) is 32.9 Å². The molecule has 6 nitrogen and oxygen atoms in total. The second kappa shape index (κ2) is 10.5. The van der Waals surface area contributed by atoms with Crippen LogP contribution in [0.3, 0.4) is 0 Å². The van der Waals surface area contributed by atoms with Crippen LogP contribution in [0.5, 0.6) is 11.5 Å². The van der Waals surface area contributed by atoms with Crippen molar-refractivity contribution in [2.24, 2.45) is 5.92 Å². The zero-order chi connectivity index (χ0) is 26.1. The molecule has 3 aromatic carbocycles. The van der Waals surface area contributed by atoms with Gasteiger partial charge in [-0.2, -0.15) is 0 Å². The van der Waals surface area contributed by atoms with E-state index in [4.69, 9.17) is 4.74 Å². The first kappa shape index (κ1) is 24.5. The van der Waals surface area contributed by atoms with Crippen LogP contribution >= 0.6 is 0 Å². The van der Waals surface area contributed by atoms with Crippen molar-refractivity contribution in [2.75, 3.05) is 25.0 Å². The zero-order valence-electron chi connectivity index (χ0n) is 22.0. The predicted molar refractivity (Wildman–Crippen MR) is 151 cm³/mol. The molecule has 2 atom stereocenters. The minimum absolute atomic E-state index is 0.158. The molecule has 2 fully saturated rings. The average molecular weight is 507 g/mol. The third kappa shape index (κ3) is 5.37. The topological polar surface area (TPSA) is 58.5 Å². The number of ether oxygens (including phenoxy) is 1. The standard InChI is InChI=1S/C32H34N4O2/c1-22-11-13-36(18-22)28-15-24(19-35-20-26-10-12-33-30(26)21-35)14-27(17-28)34-32(37)25-9-8-23(2)31(16-25)38-29-6-4-3-5-7-29/h3-9,11,13-18,26,30,33H,10,12,19-21H2,1-2H3,(H,34,37)/t26-,30+/m0/s1. The number of fused-ring (bicyclic) bond motifs is 1. The highest BCUT2D eigenvalue weighted by Crippen LogP contribution is 2.29. The molecule has 2 aliphatic rings. The Kier molecular flexibility index (Phi) is 6.75. The van der Waals surface area contributed by atoms with Gasteiger partial charge in [0.1, 0.15) is 11.5 Å². The van der Waals surface area contributed by atoms with Gasteiger partial charge in [-0.05, 0) is 98.0 Å². The Balaban J connectivity index is 1.24. The van der Waals surface area contributed by atoms with Gasteiger partial charge < -0.3 is 19.9 Å². The highest BCUT2D eigenvalue weighted by molar-refractivity contribution is 6.04. The molecule has 3 heterocycles. The van der Waals surface area contributed by atoms with Crippen LogP contribution in [0.2, 0.25) is 0 Å². The summed E-state index contributed by atoms with van der Waals surface area (Å²) in [6.07, 6.45) is 5.44. The molecule has 6 rings (SSSR count). The smallest absolute Gasteiger partial charge is 0.255 e. The summed E-state index contributed by atoms with van der Waals surface area (Å²) in [5.74, 6) is 2.01. The van der Waals surface area contributed by atoms with E-state index in [1.807, 2.05) is 61.5 Å². The Morgan fingerprint density at radius 3 is 2.68 bits per heavy atom. The molecule has 6 heteroatoms. The lowest BCUT2D eigenvalue weighted by Gasteiger charge is -2.19. The minimum atomic E-state index is -0.158. The largest absolute Gasteiger partial charge is 0.457 e. The van der Waals surface area contributed by atoms with Gasteiger partial charge in [0.25, 0.3) is 5.91 Å². The number of nitrogens with one attached hydrogen (secondary N) is 2. The third-order valence-electron chi connectivity index (χ3n) is 7.64. The van der Waals surface area contributed by atoms with Crippen LogP contribution in [-0.4, -0.2) is 41.1 Å². The summed E-state index contributed by atoms with van der Waals surface area (Å²) < 4.78 is 8.18. The number of hydrogen-bond acceptors (Lipinski definition) is 4. The summed E-state index contributed by atoms with van der Waals surface area (Å²) in [5.41, 5.74) is 5.76. The van der Waals surface area contributed by atoms with Crippen molar-refractivity contribution in [3.8, 4) is 17.2 Å². The average Bonchev–Trinajstić information content (AvgIpc) is 3.63. The first-order valence-corrected chi connectivity index (χ1v) is 13.4. The van der Waals surface area contributed by atoms with Crippen molar-refractivity contribution in [1.29, 1.82) is 0 Å². The predicted octanol–water partition coefficient (Wildman–Crippen LogP) is 5.93. The van der Waals surface area contributed by atoms with Crippen LogP contribution in [0.15, 0.2) is 85.2 Å². The number of amides is 1. The molecule has 2 aliphatic heterocycles. The van der Waals surface area contributed by atoms with E-state index in [9.17, 15) is 4.79 Å². The number of anilines is 1. The molecular formula is C32H34N4O2. The summed E-state index contributed by atoms with van der Waals surface area (Å²) in [6.45, 7) is 8.28. The van der Waals surface area contributed by atoms with Gasteiger partial charge in [0.05, 0.1) is 0 Å². The lowest BCUT2D eigenvalue weighted by atomic mass is 10.1. The molecule has 38 heavy (non-hydrogen) atoms. The molecule has 1 aromatic heterocycles. The quantitative estimate of drug-likeness (QED) is 0.326. The van der Waals surface area contributed by atoms with Gasteiger partial charge in [0, 0.05) is 55.0 Å². The van der Waals surface area contributed by atoms with Crippen molar-refractivity contribution in [1.82, 2.24) is 14.8 Å². The monoisotopic (exact) mass is 506 g/mol. The van der Waals surface area contributed by atoms with E-state index in [1.54, 1.807) is 0 Å². The molecule has 2 N–H and O–H groups in total. The maximum absolute atomic E-state index is 13.4. The van der Waals surface area contributed by atoms with E-state index >= 15 is 0 Å². The van der Waals surface area contributed by atoms with Crippen LogP contribution in [0.4, 0.5) is 5.69 Å². The summed E-state index contributed by atoms with van der Waals surface area (Å²) in [7, 11) is 0. The van der Waals surface area contributed by atoms with Crippen LogP contribution in [0.25, 0.3) is 5.69 Å². The lowest BCUT2D eigenvalue weighted by molar-refractivity contribution is 0.102. The van der Waals surface area contributed by atoms with Gasteiger partial charge in [-0.15, -0.1) is 0 Å². The second-order valence-electron chi connectivity index (χ2n) is 10.6. The number of rotatable bonds is 7. The van der Waals surface area contributed by atoms with Gasteiger partial charge in [0.2, 0.25) is 0 Å². The lowest BCUT2D eigenvalue weighted by Crippen LogP contribution is -2.30. The van der Waals surface area contributed by atoms with Crippen LogP contribution in [0.1, 0.15) is 33.5 Å². The number of aryl methyl sites for hydroxylation is 2. The Labute approximate surface area is 224 Å². The summed E-state index contributed by atoms with van der Waals surface area (Å²) in [6, 6.07) is 24.3. The van der Waals surface area contributed by atoms with Crippen LogP contribution in [0, 0.1) is 19.8 Å². The Hall–Kier alpha value is -3.87. The fourth-order valence-corrected chi connectivity index (χ4v) is 5.65. The molecule has 0 spiro atoms. The molecule has 1 amide bonds. The minimum Gasteiger partial charge on any atom is -0.457 e. The van der Waals surface area contributed by atoms with Gasteiger partial charge in [-0.3, -0.25) is 9.69 Å². The van der Waals surface area contributed by atoms with E-state index in [1.165, 1.54) is 17.5 Å². The summed E-state index contributed by atoms with van der Waals surface area (Å²) in [5, 5.41) is 6.79. The van der Waals surface area contributed by atoms with Crippen molar-refractivity contribution in [3.05, 3.63) is 107 Å². The molecule has 2 saturated heterocycles. The highest BCUT2D eigenvalue weighted by Gasteiger charge is 2.35. The Morgan fingerprint density at radius 1 is 1.03 bits per heavy atom. The van der Waals surface area contributed by atoms with E-state index < -0.39 is 0 Å². The molecule has 194 valence electrons. The summed E-state index contributed by atoms with van der Waals surface area (Å²) in [4.78, 5) is 15.9. The number of likely N-dealkylation sites (tertiary alicyclic amines) is 1. The van der Waals surface area contributed by atoms with Gasteiger partial charge in [-0.1, -0.05) is 24.3 Å². The van der Waals surface area contributed by atoms with Gasteiger partial charge in [0.15, 0.2) is 0 Å². The number of hydrogen-bond donors (Lipinski definition) is 2. The molecule has 0 unspecified atom stereocenters. The van der Waals surface area contributed by atoms with E-state index in [-0.39, 0.29) is 5.91 Å². The van der Waals surface area contributed by atoms with Crippen molar-refractivity contribution < 1.29 is 9.53 Å². The van der Waals surface area contributed by atoms with Gasteiger partial charge >= 0.3 is 0 Å². The van der Waals surface area contributed by atoms with Crippen molar-refractivity contribution >= 4 is 11.6 Å². The Bertz CT molecular complexity index is 1430. The summed E-state index contributed by atoms with van der Waals surface area (Å²) >= 11 is 0. The number of para-hydroxylation sites is 1. The van der Waals surface area contributed by atoms with E-state index in [2.05, 4.69) is 57.6 Å². The normalized spacial score (nSPS) is 18.9. The highest BCUT2D eigenvalue weighted by atomic mass is 16.5. The maximum atomic E-state index is 13.4.